The third-order valence-corrected chi connectivity index (χ3v) is 8.27. The maximum Gasteiger partial charge on any atom is 0.312 e. The molecule has 0 saturated carbocycles. The topological polar surface area (TPSA) is 61.5 Å². The molecule has 0 amide bonds. The minimum Gasteiger partial charge on any atom is -0.466 e. The van der Waals surface area contributed by atoms with E-state index in [1.54, 1.807) is 6.92 Å². The first-order chi connectivity index (χ1) is 8.06. The number of esters is 1. The molecule has 2 unspecified atom stereocenters. The second-order valence-electron chi connectivity index (χ2n) is 6.18. The van der Waals surface area contributed by atoms with Crippen LogP contribution in [0.25, 0.3) is 0 Å². The van der Waals surface area contributed by atoms with E-state index in [2.05, 4.69) is 33.9 Å². The zero-order chi connectivity index (χ0) is 14.6. The second-order valence-corrected chi connectivity index (χ2v) is 10.9. The van der Waals surface area contributed by atoms with E-state index in [0.717, 1.165) is 0 Å². The van der Waals surface area contributed by atoms with Crippen LogP contribution in [0.15, 0.2) is 0 Å². The van der Waals surface area contributed by atoms with Gasteiger partial charge in [0.25, 0.3) is 0 Å². The van der Waals surface area contributed by atoms with Gasteiger partial charge in [0.15, 0.2) is 8.32 Å². The molecular weight excluding hydrogens is 246 g/mol. The van der Waals surface area contributed by atoms with Crippen LogP contribution >= 0.6 is 0 Å². The molecule has 0 aliphatic heterocycles. The fourth-order valence-electron chi connectivity index (χ4n) is 1.45. The van der Waals surface area contributed by atoms with Crippen LogP contribution in [0, 0.1) is 5.92 Å². The van der Waals surface area contributed by atoms with Gasteiger partial charge in [0.2, 0.25) is 0 Å². The maximum atomic E-state index is 11.8. The predicted octanol–water partition coefficient (Wildman–Crippen LogP) is 2.53. The number of hydrogen-bond acceptors (Lipinski definition) is 4. The van der Waals surface area contributed by atoms with Crippen molar-refractivity contribution >= 4 is 14.3 Å². The van der Waals surface area contributed by atoms with Crippen molar-refractivity contribution in [3.8, 4) is 0 Å². The van der Waals surface area contributed by atoms with Crippen LogP contribution in [-0.4, -0.2) is 33.5 Å². The van der Waals surface area contributed by atoms with E-state index in [-0.39, 0.29) is 29.6 Å². The van der Waals surface area contributed by atoms with E-state index in [1.165, 1.54) is 0 Å². The summed E-state index contributed by atoms with van der Waals surface area (Å²) in [5, 5.41) is 0.120. The summed E-state index contributed by atoms with van der Waals surface area (Å²) in [7, 11) is -1.88. The average Bonchev–Trinajstić information content (AvgIpc) is 2.16. The van der Waals surface area contributed by atoms with Crippen molar-refractivity contribution in [2.45, 2.75) is 58.9 Å². The van der Waals surface area contributed by atoms with Crippen molar-refractivity contribution in [1.29, 1.82) is 0 Å². The van der Waals surface area contributed by atoms with E-state index >= 15 is 0 Å². The number of nitrogens with two attached hydrogens (primary N) is 1. The molecule has 0 spiro atoms. The molecule has 0 rings (SSSR count). The first-order valence-electron chi connectivity index (χ1n) is 6.61. The number of carbonyl (C=O) groups is 1. The first kappa shape index (κ1) is 17.6. The van der Waals surface area contributed by atoms with Crippen molar-refractivity contribution < 1.29 is 14.0 Å². The van der Waals surface area contributed by atoms with E-state index < -0.39 is 8.32 Å². The molecule has 0 aromatic carbocycles. The predicted molar refractivity (Wildman–Crippen MR) is 76.9 cm³/mol. The molecule has 2 atom stereocenters. The summed E-state index contributed by atoms with van der Waals surface area (Å²) < 4.78 is 11.2. The van der Waals surface area contributed by atoms with Gasteiger partial charge in [-0.15, -0.1) is 0 Å². The molecule has 0 aromatic heterocycles. The molecule has 18 heavy (non-hydrogen) atoms. The standard InChI is InChI=1S/C13H29NO3Si/c1-8-16-12(15)11(9-14)10(2)17-18(6,7)13(3,4)5/h10-11H,8-9,14H2,1-7H3. The first-order valence-corrected chi connectivity index (χ1v) is 9.52. The summed E-state index contributed by atoms with van der Waals surface area (Å²) in [5.41, 5.74) is 5.67. The van der Waals surface area contributed by atoms with Gasteiger partial charge in [-0.1, -0.05) is 20.8 Å². The summed E-state index contributed by atoms with van der Waals surface area (Å²) in [6, 6.07) is 0. The lowest BCUT2D eigenvalue weighted by molar-refractivity contribution is -0.150. The number of hydrogen-bond donors (Lipinski definition) is 1. The molecule has 0 saturated heterocycles. The molecular formula is C13H29NO3Si. The van der Waals surface area contributed by atoms with Gasteiger partial charge >= 0.3 is 5.97 Å². The Morgan fingerprint density at radius 3 is 2.17 bits per heavy atom. The minimum absolute atomic E-state index is 0.120. The Hall–Kier alpha value is -0.393. The lowest BCUT2D eigenvalue weighted by Gasteiger charge is -2.39. The lowest BCUT2D eigenvalue weighted by atomic mass is 10.1. The SMILES string of the molecule is CCOC(=O)C(CN)C(C)O[Si](C)(C)C(C)(C)C. The molecule has 4 nitrogen and oxygen atoms in total. The highest BCUT2D eigenvalue weighted by atomic mass is 28.4. The monoisotopic (exact) mass is 275 g/mol. The second kappa shape index (κ2) is 6.68. The van der Waals surface area contributed by atoms with E-state index in [9.17, 15) is 4.79 Å². The Morgan fingerprint density at radius 1 is 1.33 bits per heavy atom. The Morgan fingerprint density at radius 2 is 1.83 bits per heavy atom. The fourth-order valence-corrected chi connectivity index (χ4v) is 2.90. The van der Waals surface area contributed by atoms with Gasteiger partial charge in [-0.2, -0.15) is 0 Å². The molecule has 0 heterocycles. The Kier molecular flexibility index (Phi) is 6.53. The van der Waals surface area contributed by atoms with E-state index in [1.807, 2.05) is 6.92 Å². The van der Waals surface area contributed by atoms with Gasteiger partial charge in [0, 0.05) is 6.54 Å². The summed E-state index contributed by atoms with van der Waals surface area (Å²) in [4.78, 5) is 11.8. The Balaban J connectivity index is 4.72. The highest BCUT2D eigenvalue weighted by Gasteiger charge is 2.40. The zero-order valence-corrected chi connectivity index (χ0v) is 13.9. The number of rotatable bonds is 6. The van der Waals surface area contributed by atoms with E-state index in [4.69, 9.17) is 14.9 Å². The average molecular weight is 275 g/mol. The normalized spacial score (nSPS) is 16.2. The summed E-state index contributed by atoms with van der Waals surface area (Å²) in [5.74, 6) is -0.634. The molecule has 108 valence electrons. The molecule has 0 aliphatic carbocycles. The highest BCUT2D eigenvalue weighted by molar-refractivity contribution is 6.74. The van der Waals surface area contributed by atoms with Crippen molar-refractivity contribution in [2.75, 3.05) is 13.2 Å². The van der Waals surface area contributed by atoms with Crippen molar-refractivity contribution in [1.82, 2.24) is 0 Å². The quantitative estimate of drug-likeness (QED) is 0.598. The molecule has 0 aliphatic rings. The van der Waals surface area contributed by atoms with E-state index in [0.29, 0.717) is 6.61 Å². The smallest absolute Gasteiger partial charge is 0.312 e. The third kappa shape index (κ3) is 4.70. The number of carbonyl (C=O) groups excluding carboxylic acids is 1. The molecule has 0 fully saturated rings. The summed E-state index contributed by atoms with van der Waals surface area (Å²) >= 11 is 0. The largest absolute Gasteiger partial charge is 0.466 e. The highest BCUT2D eigenvalue weighted by Crippen LogP contribution is 2.38. The summed E-state index contributed by atoms with van der Waals surface area (Å²) in [6.07, 6.45) is -0.199. The maximum absolute atomic E-state index is 11.8. The van der Waals surface area contributed by atoms with Crippen LogP contribution in [0.5, 0.6) is 0 Å². The van der Waals surface area contributed by atoms with Gasteiger partial charge in [0.05, 0.1) is 18.6 Å². The van der Waals surface area contributed by atoms with Crippen LogP contribution < -0.4 is 5.73 Å². The third-order valence-electron chi connectivity index (χ3n) is 3.70. The van der Waals surface area contributed by atoms with Crippen LogP contribution in [0.1, 0.15) is 34.6 Å². The molecule has 5 heteroatoms. The van der Waals surface area contributed by atoms with Crippen molar-refractivity contribution in [3.05, 3.63) is 0 Å². The van der Waals surface area contributed by atoms with Crippen LogP contribution in [0.4, 0.5) is 0 Å². The van der Waals surface area contributed by atoms with Crippen molar-refractivity contribution in [2.24, 2.45) is 11.7 Å². The molecule has 2 N–H and O–H groups in total. The minimum atomic E-state index is -1.88. The Labute approximate surface area is 112 Å². The van der Waals surface area contributed by atoms with Crippen molar-refractivity contribution in [3.63, 3.8) is 0 Å². The molecule has 0 radical (unpaired) electrons. The number of ether oxygens (including phenoxy) is 1. The van der Waals surface area contributed by atoms with Gasteiger partial charge in [-0.3, -0.25) is 4.79 Å². The Bertz CT molecular complexity index is 274. The van der Waals surface area contributed by atoms with Gasteiger partial charge < -0.3 is 14.9 Å². The lowest BCUT2D eigenvalue weighted by Crippen LogP contribution is -2.47. The van der Waals surface area contributed by atoms with Gasteiger partial charge in [-0.25, -0.2) is 0 Å². The van der Waals surface area contributed by atoms with Gasteiger partial charge in [0.1, 0.15) is 0 Å². The zero-order valence-electron chi connectivity index (χ0n) is 12.9. The van der Waals surface area contributed by atoms with Gasteiger partial charge in [-0.05, 0) is 32.0 Å². The van der Waals surface area contributed by atoms with Crippen LogP contribution in [0.2, 0.25) is 18.1 Å². The fraction of sp³-hybridized carbons (Fsp3) is 0.923. The molecule has 0 aromatic rings. The van der Waals surface area contributed by atoms with Crippen LogP contribution in [-0.2, 0) is 14.0 Å². The molecule has 0 bridgehead atoms. The summed E-state index contributed by atoms with van der Waals surface area (Å²) in [6.45, 7) is 15.2. The van der Waals surface area contributed by atoms with Crippen LogP contribution in [0.3, 0.4) is 0 Å².